The lowest BCUT2D eigenvalue weighted by Gasteiger charge is -2.04. The quantitative estimate of drug-likeness (QED) is 0.534. The average molecular weight is 153 g/mol. The second kappa shape index (κ2) is 3.37. The third-order valence-electron chi connectivity index (χ3n) is 1.57. The molecule has 3 heteroatoms. The first kappa shape index (κ1) is 8.04. The van der Waals surface area contributed by atoms with Crippen LogP contribution in [-0.4, -0.2) is 10.2 Å². The second-order valence-electron chi connectivity index (χ2n) is 2.34. The molecule has 0 amide bonds. The fourth-order valence-electron chi connectivity index (χ4n) is 0.947. The van der Waals surface area contributed by atoms with E-state index >= 15 is 0 Å². The lowest BCUT2D eigenvalue weighted by atomic mass is 10.1. The molecule has 0 aliphatic carbocycles. The first-order chi connectivity index (χ1) is 5.27. The fourth-order valence-corrected chi connectivity index (χ4v) is 0.947. The monoisotopic (exact) mass is 153 g/mol. The van der Waals surface area contributed by atoms with Crippen LogP contribution in [0.25, 0.3) is 0 Å². The van der Waals surface area contributed by atoms with Gasteiger partial charge < -0.3 is 15.9 Å². The predicted molar refractivity (Wildman–Crippen MR) is 42.7 cm³/mol. The zero-order chi connectivity index (χ0) is 8.27. The Kier molecular flexibility index (Phi) is 2.46. The number of hydrogen-bond donors (Lipinski definition) is 3. The van der Waals surface area contributed by atoms with Crippen molar-refractivity contribution in [2.75, 3.05) is 5.73 Å². The van der Waals surface area contributed by atoms with Gasteiger partial charge in [0.25, 0.3) is 0 Å². The normalized spacial score (nSPS) is 10.0. The number of anilines is 1. The van der Waals surface area contributed by atoms with Gasteiger partial charge in [-0.15, -0.1) is 0 Å². The minimum absolute atomic E-state index is 0.0594. The van der Waals surface area contributed by atoms with Crippen molar-refractivity contribution in [2.24, 2.45) is 0 Å². The Morgan fingerprint density at radius 3 is 2.27 bits per heavy atom. The van der Waals surface area contributed by atoms with E-state index in [4.69, 9.17) is 15.9 Å². The van der Waals surface area contributed by atoms with Crippen LogP contribution in [0.3, 0.4) is 0 Å². The van der Waals surface area contributed by atoms with Crippen LogP contribution in [0.2, 0.25) is 0 Å². The van der Waals surface area contributed by atoms with Crippen LogP contribution in [0.1, 0.15) is 11.1 Å². The van der Waals surface area contributed by atoms with Gasteiger partial charge in [0.15, 0.2) is 0 Å². The van der Waals surface area contributed by atoms with Crippen molar-refractivity contribution in [1.29, 1.82) is 0 Å². The van der Waals surface area contributed by atoms with Crippen LogP contribution < -0.4 is 5.73 Å². The van der Waals surface area contributed by atoms with E-state index in [2.05, 4.69) is 0 Å². The molecule has 0 saturated heterocycles. The van der Waals surface area contributed by atoms with Crippen molar-refractivity contribution in [3.05, 3.63) is 29.3 Å². The average Bonchev–Trinajstić information content (AvgIpc) is 2.04. The van der Waals surface area contributed by atoms with E-state index < -0.39 is 0 Å². The Balaban J connectivity index is 3.06. The maximum atomic E-state index is 8.81. The topological polar surface area (TPSA) is 66.5 Å². The highest BCUT2D eigenvalue weighted by atomic mass is 16.3. The molecule has 60 valence electrons. The number of nitrogen functional groups attached to an aromatic ring is 1. The molecule has 3 nitrogen and oxygen atoms in total. The van der Waals surface area contributed by atoms with Crippen molar-refractivity contribution in [3.8, 4) is 0 Å². The largest absolute Gasteiger partial charge is 0.399 e. The van der Waals surface area contributed by atoms with E-state index in [9.17, 15) is 0 Å². The number of nitrogens with two attached hydrogens (primary N) is 1. The van der Waals surface area contributed by atoms with Crippen LogP contribution in [0, 0.1) is 0 Å². The van der Waals surface area contributed by atoms with E-state index in [0.717, 1.165) is 5.56 Å². The third-order valence-corrected chi connectivity index (χ3v) is 1.57. The van der Waals surface area contributed by atoms with E-state index in [1.54, 1.807) is 18.2 Å². The molecule has 0 atom stereocenters. The molecule has 0 aliphatic heterocycles. The van der Waals surface area contributed by atoms with Gasteiger partial charge in [0, 0.05) is 5.69 Å². The van der Waals surface area contributed by atoms with Gasteiger partial charge in [0.1, 0.15) is 0 Å². The van der Waals surface area contributed by atoms with Crippen LogP contribution in [0.15, 0.2) is 18.2 Å². The molecular weight excluding hydrogens is 142 g/mol. The summed E-state index contributed by atoms with van der Waals surface area (Å²) in [5.41, 5.74) is 7.48. The lowest BCUT2D eigenvalue weighted by molar-refractivity contribution is 0.260. The summed E-state index contributed by atoms with van der Waals surface area (Å²) in [5, 5.41) is 17.6. The lowest BCUT2D eigenvalue weighted by Crippen LogP contribution is -1.95. The van der Waals surface area contributed by atoms with Gasteiger partial charge in [0.05, 0.1) is 13.2 Å². The van der Waals surface area contributed by atoms with Gasteiger partial charge in [-0.3, -0.25) is 0 Å². The molecule has 0 heterocycles. The highest BCUT2D eigenvalue weighted by molar-refractivity contribution is 5.44. The second-order valence-corrected chi connectivity index (χ2v) is 2.34. The number of aliphatic hydroxyl groups is 2. The molecule has 0 radical (unpaired) electrons. The Hall–Kier alpha value is -1.06. The molecule has 0 bridgehead atoms. The van der Waals surface area contributed by atoms with Gasteiger partial charge in [-0.2, -0.15) is 0 Å². The number of hydrogen-bond acceptors (Lipinski definition) is 3. The molecule has 1 aromatic rings. The van der Waals surface area contributed by atoms with Crippen molar-refractivity contribution < 1.29 is 10.2 Å². The molecule has 0 fully saturated rings. The van der Waals surface area contributed by atoms with Gasteiger partial charge in [-0.05, 0) is 23.3 Å². The molecule has 0 aliphatic rings. The molecule has 1 rings (SSSR count). The predicted octanol–water partition coefficient (Wildman–Crippen LogP) is 0.253. The summed E-state index contributed by atoms with van der Waals surface area (Å²) in [6, 6.07) is 5.07. The Morgan fingerprint density at radius 2 is 1.73 bits per heavy atom. The van der Waals surface area contributed by atoms with Crippen molar-refractivity contribution in [2.45, 2.75) is 13.2 Å². The first-order valence-electron chi connectivity index (χ1n) is 3.37. The maximum absolute atomic E-state index is 8.81. The van der Waals surface area contributed by atoms with Gasteiger partial charge in [-0.25, -0.2) is 0 Å². The van der Waals surface area contributed by atoms with Crippen molar-refractivity contribution in [3.63, 3.8) is 0 Å². The van der Waals surface area contributed by atoms with Gasteiger partial charge >= 0.3 is 0 Å². The van der Waals surface area contributed by atoms with Crippen LogP contribution >= 0.6 is 0 Å². The van der Waals surface area contributed by atoms with E-state index in [0.29, 0.717) is 11.3 Å². The molecule has 4 N–H and O–H groups in total. The maximum Gasteiger partial charge on any atom is 0.0686 e. The summed E-state index contributed by atoms with van der Waals surface area (Å²) in [4.78, 5) is 0. The molecule has 0 aromatic heterocycles. The summed E-state index contributed by atoms with van der Waals surface area (Å²) in [7, 11) is 0. The van der Waals surface area contributed by atoms with Crippen LogP contribution in [0.5, 0.6) is 0 Å². The highest BCUT2D eigenvalue weighted by Crippen LogP contribution is 2.13. The minimum Gasteiger partial charge on any atom is -0.399 e. The molecule has 1 aromatic carbocycles. The fraction of sp³-hybridized carbons (Fsp3) is 0.250. The van der Waals surface area contributed by atoms with Crippen molar-refractivity contribution >= 4 is 5.69 Å². The van der Waals surface area contributed by atoms with Gasteiger partial charge in [-0.1, -0.05) is 6.07 Å². The molecular formula is C8H11NO2. The summed E-state index contributed by atoms with van der Waals surface area (Å²) in [6.07, 6.45) is 0. The Bertz CT molecular complexity index is 248. The molecule has 11 heavy (non-hydrogen) atoms. The summed E-state index contributed by atoms with van der Waals surface area (Å²) < 4.78 is 0. The highest BCUT2D eigenvalue weighted by Gasteiger charge is 1.99. The SMILES string of the molecule is Nc1ccc(CO)c(CO)c1. The Morgan fingerprint density at radius 1 is 1.09 bits per heavy atom. The van der Waals surface area contributed by atoms with E-state index in [1.807, 2.05) is 0 Å². The number of benzene rings is 1. The number of rotatable bonds is 2. The smallest absolute Gasteiger partial charge is 0.0686 e. The van der Waals surface area contributed by atoms with Crippen molar-refractivity contribution in [1.82, 2.24) is 0 Å². The third kappa shape index (κ3) is 1.69. The minimum atomic E-state index is -0.0824. The summed E-state index contributed by atoms with van der Waals surface area (Å²) >= 11 is 0. The summed E-state index contributed by atoms with van der Waals surface area (Å²) in [6.45, 7) is -0.142. The van der Waals surface area contributed by atoms with E-state index in [1.165, 1.54) is 0 Å². The zero-order valence-electron chi connectivity index (χ0n) is 6.12. The van der Waals surface area contributed by atoms with Crippen LogP contribution in [0.4, 0.5) is 5.69 Å². The zero-order valence-corrected chi connectivity index (χ0v) is 6.12. The Labute approximate surface area is 65.1 Å². The summed E-state index contributed by atoms with van der Waals surface area (Å²) in [5.74, 6) is 0. The number of aliphatic hydroxyl groups excluding tert-OH is 2. The molecule has 0 unspecified atom stereocenters. The van der Waals surface area contributed by atoms with Gasteiger partial charge in [0.2, 0.25) is 0 Å². The van der Waals surface area contributed by atoms with E-state index in [-0.39, 0.29) is 13.2 Å². The molecule has 0 spiro atoms. The first-order valence-corrected chi connectivity index (χ1v) is 3.37. The van der Waals surface area contributed by atoms with Crippen LogP contribution in [-0.2, 0) is 13.2 Å². The standard InChI is InChI=1S/C8H11NO2/c9-8-2-1-6(4-10)7(3-8)5-11/h1-3,10-11H,4-5,9H2. The molecule has 0 saturated carbocycles.